The predicted molar refractivity (Wildman–Crippen MR) is 99.6 cm³/mol. The van der Waals surface area contributed by atoms with Crippen molar-refractivity contribution in [3.05, 3.63) is 41.0 Å². The summed E-state index contributed by atoms with van der Waals surface area (Å²) in [6, 6.07) is 8.38. The van der Waals surface area contributed by atoms with Crippen molar-refractivity contribution in [2.75, 3.05) is 0 Å². The molecule has 2 atom stereocenters. The molecule has 0 saturated heterocycles. The third-order valence-corrected chi connectivity index (χ3v) is 5.15. The Kier molecular flexibility index (Phi) is 5.53. The Labute approximate surface area is 149 Å². The van der Waals surface area contributed by atoms with Gasteiger partial charge in [0.2, 0.25) is 0 Å². The number of nitrogens with zero attached hydrogens (tertiary/aromatic N) is 1. The second-order valence-corrected chi connectivity index (χ2v) is 6.92. The normalized spacial score (nSPS) is 23.7. The molecule has 1 aromatic rings. The summed E-state index contributed by atoms with van der Waals surface area (Å²) in [5.41, 5.74) is 14.9. The van der Waals surface area contributed by atoms with Crippen molar-refractivity contribution < 1.29 is 9.53 Å². The lowest BCUT2D eigenvalue weighted by Crippen LogP contribution is -2.29. The van der Waals surface area contributed by atoms with E-state index in [1.54, 1.807) is 0 Å². The molecule has 25 heavy (non-hydrogen) atoms. The molecule has 2 unspecified atom stereocenters. The van der Waals surface area contributed by atoms with Gasteiger partial charge in [0.25, 0.3) is 0 Å². The molecule has 0 bridgehead atoms. The minimum atomic E-state index is -0.183. The van der Waals surface area contributed by atoms with E-state index < -0.39 is 0 Å². The summed E-state index contributed by atoms with van der Waals surface area (Å²) < 4.78 is 5.46. The molecule has 1 heterocycles. The fourth-order valence-corrected chi connectivity index (χ4v) is 3.83. The number of nitrogens with one attached hydrogen (secondary N) is 1. The number of hydrogen-bond donors (Lipinski definition) is 2. The average molecular weight is 341 g/mol. The number of nitrogens with two attached hydrogens (primary N) is 1. The summed E-state index contributed by atoms with van der Waals surface area (Å²) in [6.45, 7) is 4.12. The van der Waals surface area contributed by atoms with E-state index >= 15 is 0 Å². The van der Waals surface area contributed by atoms with Gasteiger partial charge in [-0.3, -0.25) is 10.2 Å². The lowest BCUT2D eigenvalue weighted by Gasteiger charge is -2.32. The van der Waals surface area contributed by atoms with E-state index in [1.807, 2.05) is 0 Å². The second kappa shape index (κ2) is 7.83. The number of rotatable bonds is 3. The number of hydrogen-bond acceptors (Lipinski definition) is 5. The van der Waals surface area contributed by atoms with Gasteiger partial charge in [-0.05, 0) is 55.7 Å². The van der Waals surface area contributed by atoms with Gasteiger partial charge in [-0.1, -0.05) is 24.3 Å². The molecule has 0 amide bonds. The SMILES string of the molecule is CC(=O)OC1CCCC2=C(c3ccc(CN)cc3)NN=C(C)C2CC1. The molecule has 0 aromatic heterocycles. The molecule has 1 aliphatic carbocycles. The largest absolute Gasteiger partial charge is 0.463 e. The summed E-state index contributed by atoms with van der Waals surface area (Å²) in [7, 11) is 0. The molecule has 1 fully saturated rings. The topological polar surface area (TPSA) is 76.7 Å². The zero-order chi connectivity index (χ0) is 17.8. The first-order valence-electron chi connectivity index (χ1n) is 9.08. The standard InChI is InChI=1S/C20H27N3O2/c1-13-18-11-10-17(25-14(2)24)4-3-5-19(18)20(23-22-13)16-8-6-15(12-21)7-9-16/h6-9,17-18,23H,3-5,10-12,21H2,1-2H3. The van der Waals surface area contributed by atoms with Crippen LogP contribution in [0.25, 0.3) is 5.70 Å². The summed E-state index contributed by atoms with van der Waals surface area (Å²) in [5, 5.41) is 4.55. The van der Waals surface area contributed by atoms with Crippen molar-refractivity contribution in [1.29, 1.82) is 0 Å². The lowest BCUT2D eigenvalue weighted by molar-refractivity contribution is -0.147. The molecular formula is C20H27N3O2. The summed E-state index contributed by atoms with van der Waals surface area (Å²) in [4.78, 5) is 11.3. The fourth-order valence-electron chi connectivity index (χ4n) is 3.83. The van der Waals surface area contributed by atoms with Crippen LogP contribution < -0.4 is 11.2 Å². The molecule has 1 saturated carbocycles. The molecule has 1 aliphatic heterocycles. The van der Waals surface area contributed by atoms with Crippen LogP contribution in [0.2, 0.25) is 0 Å². The van der Waals surface area contributed by atoms with Crippen molar-refractivity contribution in [2.24, 2.45) is 16.8 Å². The fraction of sp³-hybridized carbons (Fsp3) is 0.500. The van der Waals surface area contributed by atoms with Crippen LogP contribution in [0.1, 0.15) is 57.1 Å². The lowest BCUT2D eigenvalue weighted by atomic mass is 9.80. The monoisotopic (exact) mass is 341 g/mol. The minimum Gasteiger partial charge on any atom is -0.463 e. The minimum absolute atomic E-state index is 0.0361. The number of fused-ring (bicyclic) bond motifs is 1. The molecule has 134 valence electrons. The van der Waals surface area contributed by atoms with E-state index in [0.717, 1.165) is 54.6 Å². The molecule has 3 N–H and O–H groups in total. The van der Waals surface area contributed by atoms with Crippen LogP contribution in [0.5, 0.6) is 0 Å². The van der Waals surface area contributed by atoms with Crippen LogP contribution >= 0.6 is 0 Å². The Balaban J connectivity index is 1.85. The van der Waals surface area contributed by atoms with E-state index in [2.05, 4.69) is 41.7 Å². The van der Waals surface area contributed by atoms with Gasteiger partial charge in [-0.15, -0.1) is 0 Å². The Morgan fingerprint density at radius 1 is 1.28 bits per heavy atom. The summed E-state index contributed by atoms with van der Waals surface area (Å²) >= 11 is 0. The van der Waals surface area contributed by atoms with Gasteiger partial charge < -0.3 is 10.5 Å². The van der Waals surface area contributed by atoms with Crippen molar-refractivity contribution in [2.45, 2.75) is 58.6 Å². The highest BCUT2D eigenvalue weighted by Crippen LogP contribution is 2.36. The summed E-state index contributed by atoms with van der Waals surface area (Å²) in [5.74, 6) is 0.140. The first kappa shape index (κ1) is 17.7. The third kappa shape index (κ3) is 4.10. The maximum atomic E-state index is 11.3. The Bertz CT molecular complexity index is 691. The van der Waals surface area contributed by atoms with E-state index in [0.29, 0.717) is 12.5 Å². The van der Waals surface area contributed by atoms with Crippen LogP contribution in [-0.4, -0.2) is 17.8 Å². The smallest absolute Gasteiger partial charge is 0.302 e. The molecule has 5 nitrogen and oxygen atoms in total. The highest BCUT2D eigenvalue weighted by molar-refractivity contribution is 5.91. The maximum absolute atomic E-state index is 11.3. The zero-order valence-corrected chi connectivity index (χ0v) is 15.0. The van der Waals surface area contributed by atoms with Crippen LogP contribution in [0, 0.1) is 5.92 Å². The van der Waals surface area contributed by atoms with Gasteiger partial charge in [-0.2, -0.15) is 5.10 Å². The van der Waals surface area contributed by atoms with E-state index in [-0.39, 0.29) is 12.1 Å². The van der Waals surface area contributed by atoms with Crippen LogP contribution in [0.4, 0.5) is 0 Å². The summed E-state index contributed by atoms with van der Waals surface area (Å²) in [6.07, 6.45) is 4.83. The Hall–Kier alpha value is -2.14. The van der Waals surface area contributed by atoms with Crippen LogP contribution in [0.3, 0.4) is 0 Å². The van der Waals surface area contributed by atoms with Gasteiger partial charge in [0.1, 0.15) is 6.10 Å². The number of allylic oxidation sites excluding steroid dienone is 1. The quantitative estimate of drug-likeness (QED) is 0.827. The molecule has 3 rings (SSSR count). The van der Waals surface area contributed by atoms with Crippen molar-refractivity contribution >= 4 is 17.4 Å². The van der Waals surface area contributed by atoms with E-state index in [1.165, 1.54) is 12.5 Å². The number of hydrazone groups is 1. The molecule has 1 aromatic carbocycles. The number of esters is 1. The number of carbonyl (C=O) groups excluding carboxylic acids is 1. The van der Waals surface area contributed by atoms with Gasteiger partial charge in [0.05, 0.1) is 5.70 Å². The highest BCUT2D eigenvalue weighted by atomic mass is 16.5. The van der Waals surface area contributed by atoms with Gasteiger partial charge in [-0.25, -0.2) is 0 Å². The zero-order valence-electron chi connectivity index (χ0n) is 15.0. The van der Waals surface area contributed by atoms with E-state index in [9.17, 15) is 4.79 Å². The first-order chi connectivity index (χ1) is 12.1. The predicted octanol–water partition coefficient (Wildman–Crippen LogP) is 3.35. The van der Waals surface area contributed by atoms with E-state index in [4.69, 9.17) is 10.5 Å². The number of benzene rings is 1. The van der Waals surface area contributed by atoms with Gasteiger partial charge in [0.15, 0.2) is 0 Å². The number of ether oxygens (including phenoxy) is 1. The molecule has 5 heteroatoms. The number of carbonyl (C=O) groups is 1. The van der Waals surface area contributed by atoms with Crippen molar-refractivity contribution in [3.63, 3.8) is 0 Å². The molecule has 0 spiro atoms. The van der Waals surface area contributed by atoms with Gasteiger partial charge in [0, 0.05) is 25.1 Å². The average Bonchev–Trinajstić information content (AvgIpc) is 2.58. The van der Waals surface area contributed by atoms with Crippen molar-refractivity contribution in [3.8, 4) is 0 Å². The maximum Gasteiger partial charge on any atom is 0.302 e. The van der Waals surface area contributed by atoms with Crippen molar-refractivity contribution in [1.82, 2.24) is 5.43 Å². The Morgan fingerprint density at radius 2 is 2.04 bits per heavy atom. The molecular weight excluding hydrogens is 314 g/mol. The first-order valence-corrected chi connectivity index (χ1v) is 9.08. The third-order valence-electron chi connectivity index (χ3n) is 5.15. The van der Waals surface area contributed by atoms with Gasteiger partial charge >= 0.3 is 5.97 Å². The molecule has 2 aliphatic rings. The molecule has 0 radical (unpaired) electrons. The van der Waals surface area contributed by atoms with Crippen LogP contribution in [-0.2, 0) is 16.1 Å². The van der Waals surface area contributed by atoms with Crippen LogP contribution in [0.15, 0.2) is 34.9 Å². The Morgan fingerprint density at radius 3 is 2.72 bits per heavy atom. The second-order valence-electron chi connectivity index (χ2n) is 6.92. The highest BCUT2D eigenvalue weighted by Gasteiger charge is 2.29.